The summed E-state index contributed by atoms with van der Waals surface area (Å²) in [5.74, 6) is -1.27. The van der Waals surface area contributed by atoms with Gasteiger partial charge in [-0.2, -0.15) is 8.42 Å². The summed E-state index contributed by atoms with van der Waals surface area (Å²) in [5, 5.41) is 10.4. The minimum Gasteiger partial charge on any atom is -0.547 e. The van der Waals surface area contributed by atoms with Crippen LogP contribution in [0, 0.1) is 0 Å². The van der Waals surface area contributed by atoms with Crippen molar-refractivity contribution in [2.45, 2.75) is 25.0 Å². The first-order valence-corrected chi connectivity index (χ1v) is 5.91. The molecular weight excluding hydrogens is 235 g/mol. The Morgan fingerprint density at radius 1 is 1.53 bits per heavy atom. The van der Waals surface area contributed by atoms with E-state index in [0.717, 1.165) is 6.26 Å². The van der Waals surface area contributed by atoms with Crippen LogP contribution in [0.25, 0.3) is 0 Å². The molecule has 1 heterocycles. The Bertz CT molecular complexity index is 313. The molecule has 1 aliphatic rings. The molecule has 0 N–H and O–H groups in total. The number of hydrogen-bond acceptors (Lipinski definition) is 6. The number of carbonyl (C=O) groups is 1. The van der Waals surface area contributed by atoms with Gasteiger partial charge < -0.3 is 14.6 Å². The molecule has 0 aromatic rings. The smallest absolute Gasteiger partial charge is 0.547 e. The monoisotopic (exact) mass is 246 g/mol. The second-order valence-electron chi connectivity index (χ2n) is 3.13. The van der Waals surface area contributed by atoms with Crippen LogP contribution in [0.15, 0.2) is 0 Å². The second-order valence-corrected chi connectivity index (χ2v) is 4.78. The first-order chi connectivity index (χ1) is 6.38. The molecule has 0 spiro atoms. The fraction of sp³-hybridized carbons (Fsp3) is 0.857. The molecule has 1 rings (SSSR count). The SMILES string of the molecule is CS(=O)(=O)OC[C@@H]1CC[C@H](C(=O)[O-])O1.[Na+]. The van der Waals surface area contributed by atoms with Gasteiger partial charge in [-0.1, -0.05) is 0 Å². The van der Waals surface area contributed by atoms with Crippen LogP contribution in [0.1, 0.15) is 12.8 Å². The van der Waals surface area contributed by atoms with Crippen LogP contribution < -0.4 is 34.7 Å². The Hall–Kier alpha value is 0.340. The van der Waals surface area contributed by atoms with E-state index < -0.39 is 28.3 Å². The van der Waals surface area contributed by atoms with Crippen molar-refractivity contribution in [2.75, 3.05) is 12.9 Å². The maximum atomic E-state index is 10.6. The minimum absolute atomic E-state index is 0. The van der Waals surface area contributed by atoms with Crippen LogP contribution in [-0.2, 0) is 23.8 Å². The number of rotatable bonds is 4. The summed E-state index contributed by atoms with van der Waals surface area (Å²) < 4.78 is 30.6. The van der Waals surface area contributed by atoms with E-state index in [0.29, 0.717) is 12.8 Å². The first kappa shape index (κ1) is 15.3. The van der Waals surface area contributed by atoms with Gasteiger partial charge in [-0.25, -0.2) is 0 Å². The molecule has 0 radical (unpaired) electrons. The fourth-order valence-corrected chi connectivity index (χ4v) is 1.60. The van der Waals surface area contributed by atoms with E-state index >= 15 is 0 Å². The number of ether oxygens (including phenoxy) is 1. The van der Waals surface area contributed by atoms with Crippen molar-refractivity contribution in [2.24, 2.45) is 0 Å². The molecule has 6 nitrogen and oxygen atoms in total. The van der Waals surface area contributed by atoms with Crippen LogP contribution in [-0.4, -0.2) is 39.5 Å². The van der Waals surface area contributed by atoms with Crippen molar-refractivity contribution in [3.63, 3.8) is 0 Å². The van der Waals surface area contributed by atoms with E-state index in [1.165, 1.54) is 0 Å². The summed E-state index contributed by atoms with van der Waals surface area (Å²) in [5.41, 5.74) is 0. The van der Waals surface area contributed by atoms with Gasteiger partial charge in [0.2, 0.25) is 0 Å². The summed E-state index contributed by atoms with van der Waals surface area (Å²) in [6, 6.07) is 0. The molecule has 15 heavy (non-hydrogen) atoms. The van der Waals surface area contributed by atoms with E-state index in [-0.39, 0.29) is 36.2 Å². The molecule has 0 saturated carbocycles. The van der Waals surface area contributed by atoms with Crippen LogP contribution >= 0.6 is 0 Å². The molecule has 0 unspecified atom stereocenters. The number of aliphatic carboxylic acids is 1. The summed E-state index contributed by atoms with van der Waals surface area (Å²) in [4.78, 5) is 10.4. The van der Waals surface area contributed by atoms with E-state index in [2.05, 4.69) is 4.18 Å². The van der Waals surface area contributed by atoms with Gasteiger partial charge in [0.1, 0.15) is 0 Å². The maximum Gasteiger partial charge on any atom is 1.00 e. The van der Waals surface area contributed by atoms with Gasteiger partial charge in [-0.15, -0.1) is 0 Å². The first-order valence-electron chi connectivity index (χ1n) is 4.09. The number of carbonyl (C=O) groups excluding carboxylic acids is 1. The zero-order chi connectivity index (χ0) is 10.8. The van der Waals surface area contributed by atoms with Crippen LogP contribution in [0.4, 0.5) is 0 Å². The fourth-order valence-electron chi connectivity index (χ4n) is 1.20. The Balaban J connectivity index is 0.00000196. The summed E-state index contributed by atoms with van der Waals surface area (Å²) >= 11 is 0. The van der Waals surface area contributed by atoms with E-state index in [9.17, 15) is 18.3 Å². The Kier molecular flexibility index (Phi) is 6.31. The van der Waals surface area contributed by atoms with E-state index in [4.69, 9.17) is 4.74 Å². The largest absolute Gasteiger partial charge is 1.00 e. The Morgan fingerprint density at radius 3 is 2.53 bits per heavy atom. The second kappa shape index (κ2) is 6.17. The van der Waals surface area contributed by atoms with Crippen LogP contribution in [0.2, 0.25) is 0 Å². The molecule has 0 aromatic heterocycles. The van der Waals surface area contributed by atoms with Crippen molar-refractivity contribution in [3.8, 4) is 0 Å². The van der Waals surface area contributed by atoms with Crippen molar-refractivity contribution in [1.29, 1.82) is 0 Å². The van der Waals surface area contributed by atoms with Crippen molar-refractivity contribution in [1.82, 2.24) is 0 Å². The average Bonchev–Trinajstić information content (AvgIpc) is 2.47. The molecule has 0 bridgehead atoms. The molecule has 1 aliphatic heterocycles. The zero-order valence-corrected chi connectivity index (χ0v) is 11.5. The van der Waals surface area contributed by atoms with Gasteiger partial charge in [0.15, 0.2) is 0 Å². The van der Waals surface area contributed by atoms with Crippen LogP contribution in [0.3, 0.4) is 0 Å². The number of carboxylic acids is 1. The Labute approximate surface area is 110 Å². The van der Waals surface area contributed by atoms with Gasteiger partial charge in [0, 0.05) is 0 Å². The van der Waals surface area contributed by atoms with Gasteiger partial charge in [0.05, 0.1) is 31.0 Å². The van der Waals surface area contributed by atoms with Crippen molar-refractivity contribution >= 4 is 16.1 Å². The molecule has 0 aromatic carbocycles. The van der Waals surface area contributed by atoms with E-state index in [1.807, 2.05) is 0 Å². The molecule has 2 atom stereocenters. The molecule has 0 amide bonds. The van der Waals surface area contributed by atoms with E-state index in [1.54, 1.807) is 0 Å². The van der Waals surface area contributed by atoms with Gasteiger partial charge >= 0.3 is 29.6 Å². The third-order valence-corrected chi connectivity index (χ3v) is 2.40. The van der Waals surface area contributed by atoms with Gasteiger partial charge in [-0.3, -0.25) is 4.18 Å². The zero-order valence-electron chi connectivity index (χ0n) is 8.63. The van der Waals surface area contributed by atoms with Gasteiger partial charge in [-0.05, 0) is 12.8 Å². The quantitative estimate of drug-likeness (QED) is 0.365. The maximum absolute atomic E-state index is 10.6. The molecule has 0 aliphatic carbocycles. The van der Waals surface area contributed by atoms with Gasteiger partial charge in [0.25, 0.3) is 10.1 Å². The molecule has 8 heteroatoms. The normalized spacial score (nSPS) is 25.9. The van der Waals surface area contributed by atoms with Crippen molar-refractivity contribution < 1.29 is 56.8 Å². The summed E-state index contributed by atoms with van der Waals surface area (Å²) in [7, 11) is -3.49. The molecule has 82 valence electrons. The van der Waals surface area contributed by atoms with Crippen LogP contribution in [0.5, 0.6) is 0 Å². The van der Waals surface area contributed by atoms with Crippen molar-refractivity contribution in [3.05, 3.63) is 0 Å². The topological polar surface area (TPSA) is 92.7 Å². The standard InChI is InChI=1S/C7H12O6S.Na/c1-14(10,11)12-4-5-2-3-6(13-5)7(8)9;/h5-6H,2-4H2,1H3,(H,8,9);/q;+1/p-1/t5-,6+;/m0./s1. The average molecular weight is 246 g/mol. The third-order valence-electron chi connectivity index (χ3n) is 1.84. The molecular formula is C7H11NaO6S. The molecule has 1 saturated heterocycles. The Morgan fingerprint density at radius 2 is 2.13 bits per heavy atom. The minimum atomic E-state index is -3.49. The number of carboxylic acid groups (broad SMARTS) is 1. The third kappa shape index (κ3) is 5.84. The summed E-state index contributed by atoms with van der Waals surface area (Å²) in [6.07, 6.45) is 0.308. The summed E-state index contributed by atoms with van der Waals surface area (Å²) in [6.45, 7) is -0.136. The predicted molar refractivity (Wildman–Crippen MR) is 43.7 cm³/mol. The number of hydrogen-bond donors (Lipinski definition) is 0. The molecule has 1 fully saturated rings. The predicted octanol–water partition coefficient (Wildman–Crippen LogP) is -4.74.